The van der Waals surface area contributed by atoms with Crippen molar-refractivity contribution in [1.29, 1.82) is 0 Å². The Bertz CT molecular complexity index is 481. The van der Waals surface area contributed by atoms with Crippen LogP contribution in [0, 0.1) is 19.8 Å². The van der Waals surface area contributed by atoms with E-state index in [0.29, 0.717) is 12.0 Å². The molecule has 0 aliphatic carbocycles. The first-order chi connectivity index (χ1) is 10.1. The number of hydrogen-bond donors (Lipinski definition) is 1. The molecule has 1 aliphatic heterocycles. The lowest BCUT2D eigenvalue weighted by molar-refractivity contribution is 0.0625. The number of carbonyl (C=O) groups is 1. The zero-order valence-corrected chi connectivity index (χ0v) is 13.7. The molecule has 0 radical (unpaired) electrons. The average molecular weight is 292 g/mol. The second-order valence-corrected chi connectivity index (χ2v) is 6.10. The number of amides is 1. The predicted octanol–water partition coefficient (Wildman–Crippen LogP) is 3.14. The first kappa shape index (κ1) is 16.1. The van der Waals surface area contributed by atoms with Gasteiger partial charge in [0.25, 0.3) is 5.91 Å². The molecule has 2 heterocycles. The van der Waals surface area contributed by atoms with Crippen LogP contribution in [-0.2, 0) is 0 Å². The molecule has 4 nitrogen and oxygen atoms in total. The number of carbonyl (C=O) groups excluding carboxylic acids is 1. The highest BCUT2D eigenvalue weighted by atomic mass is 16.3. The molecule has 2 unspecified atom stereocenters. The fourth-order valence-corrected chi connectivity index (χ4v) is 3.24. The standard InChI is InChI=1S/C17H28N2O2/c1-5-8-18-16-7-9-19(11-14(16)6-2)17(20)15-10-12(3)21-13(15)4/h10,14,16,18H,5-9,11H2,1-4H3. The number of likely N-dealkylation sites (tertiary alicyclic amines) is 1. The van der Waals surface area contributed by atoms with E-state index in [1.54, 1.807) is 0 Å². The van der Waals surface area contributed by atoms with E-state index in [0.717, 1.165) is 56.0 Å². The Balaban J connectivity index is 2.03. The van der Waals surface area contributed by atoms with Crippen LogP contribution in [0.4, 0.5) is 0 Å². The molecule has 1 aliphatic rings. The van der Waals surface area contributed by atoms with Gasteiger partial charge in [0.2, 0.25) is 0 Å². The largest absolute Gasteiger partial charge is 0.466 e. The Kier molecular flexibility index (Phi) is 5.45. The summed E-state index contributed by atoms with van der Waals surface area (Å²) < 4.78 is 5.49. The molecule has 2 rings (SSSR count). The van der Waals surface area contributed by atoms with Crippen molar-refractivity contribution in [2.45, 2.75) is 53.0 Å². The van der Waals surface area contributed by atoms with Crippen LogP contribution in [0.3, 0.4) is 0 Å². The molecule has 0 saturated carbocycles. The van der Waals surface area contributed by atoms with Crippen molar-refractivity contribution in [1.82, 2.24) is 10.2 Å². The number of nitrogens with one attached hydrogen (secondary N) is 1. The summed E-state index contributed by atoms with van der Waals surface area (Å²) in [7, 11) is 0. The minimum atomic E-state index is 0.122. The van der Waals surface area contributed by atoms with Crippen LogP contribution < -0.4 is 5.32 Å². The van der Waals surface area contributed by atoms with E-state index in [9.17, 15) is 4.79 Å². The molecule has 1 saturated heterocycles. The lowest BCUT2D eigenvalue weighted by Gasteiger charge is -2.38. The fraction of sp³-hybridized carbons (Fsp3) is 0.706. The Labute approximate surface area is 127 Å². The maximum atomic E-state index is 12.7. The van der Waals surface area contributed by atoms with Crippen LogP contribution in [0.2, 0.25) is 0 Å². The van der Waals surface area contributed by atoms with Gasteiger partial charge < -0.3 is 14.6 Å². The van der Waals surface area contributed by atoms with E-state index in [1.165, 1.54) is 0 Å². The summed E-state index contributed by atoms with van der Waals surface area (Å²) in [6.45, 7) is 10.9. The Morgan fingerprint density at radius 2 is 2.19 bits per heavy atom. The molecule has 1 fully saturated rings. The van der Waals surface area contributed by atoms with Crippen molar-refractivity contribution in [3.05, 3.63) is 23.2 Å². The third kappa shape index (κ3) is 3.67. The van der Waals surface area contributed by atoms with Crippen LogP contribution in [-0.4, -0.2) is 36.5 Å². The number of hydrogen-bond acceptors (Lipinski definition) is 3. The average Bonchev–Trinajstić information content (AvgIpc) is 2.82. The van der Waals surface area contributed by atoms with E-state index >= 15 is 0 Å². The van der Waals surface area contributed by atoms with Gasteiger partial charge in [-0.25, -0.2) is 0 Å². The van der Waals surface area contributed by atoms with E-state index in [4.69, 9.17) is 4.42 Å². The number of furan rings is 1. The summed E-state index contributed by atoms with van der Waals surface area (Å²) >= 11 is 0. The lowest BCUT2D eigenvalue weighted by Crippen LogP contribution is -2.51. The van der Waals surface area contributed by atoms with Crippen molar-refractivity contribution < 1.29 is 9.21 Å². The van der Waals surface area contributed by atoms with Gasteiger partial charge in [-0.15, -0.1) is 0 Å². The second-order valence-electron chi connectivity index (χ2n) is 6.10. The van der Waals surface area contributed by atoms with Crippen molar-refractivity contribution in [3.8, 4) is 0 Å². The number of rotatable bonds is 5. The first-order valence-electron chi connectivity index (χ1n) is 8.16. The third-order valence-corrected chi connectivity index (χ3v) is 4.47. The summed E-state index contributed by atoms with van der Waals surface area (Å²) in [6, 6.07) is 2.41. The van der Waals surface area contributed by atoms with Gasteiger partial charge in [-0.05, 0) is 45.2 Å². The maximum Gasteiger partial charge on any atom is 0.257 e. The molecular weight excluding hydrogens is 264 g/mol. The topological polar surface area (TPSA) is 45.5 Å². The summed E-state index contributed by atoms with van der Waals surface area (Å²) in [5.41, 5.74) is 0.724. The van der Waals surface area contributed by atoms with Crippen molar-refractivity contribution >= 4 is 5.91 Å². The van der Waals surface area contributed by atoms with Gasteiger partial charge >= 0.3 is 0 Å². The summed E-state index contributed by atoms with van der Waals surface area (Å²) in [5.74, 6) is 2.21. The van der Waals surface area contributed by atoms with Crippen LogP contribution in [0.15, 0.2) is 10.5 Å². The minimum Gasteiger partial charge on any atom is -0.466 e. The molecule has 1 aromatic rings. The van der Waals surface area contributed by atoms with Crippen LogP contribution in [0.5, 0.6) is 0 Å². The molecule has 2 atom stereocenters. The molecule has 21 heavy (non-hydrogen) atoms. The molecular formula is C17H28N2O2. The Hall–Kier alpha value is -1.29. The molecule has 1 aromatic heterocycles. The minimum absolute atomic E-state index is 0.122. The van der Waals surface area contributed by atoms with Gasteiger partial charge in [0.15, 0.2) is 0 Å². The molecule has 4 heteroatoms. The number of piperidine rings is 1. The molecule has 1 N–H and O–H groups in total. The normalized spacial score (nSPS) is 22.6. The SMILES string of the molecule is CCCNC1CCN(C(=O)c2cc(C)oc2C)CC1CC. The van der Waals surface area contributed by atoms with E-state index in [1.807, 2.05) is 24.8 Å². The van der Waals surface area contributed by atoms with E-state index < -0.39 is 0 Å². The summed E-state index contributed by atoms with van der Waals surface area (Å²) in [5, 5.41) is 3.63. The van der Waals surface area contributed by atoms with Crippen molar-refractivity contribution in [2.75, 3.05) is 19.6 Å². The van der Waals surface area contributed by atoms with Crippen LogP contribution >= 0.6 is 0 Å². The highest BCUT2D eigenvalue weighted by Gasteiger charge is 2.31. The zero-order chi connectivity index (χ0) is 15.4. The Morgan fingerprint density at radius 3 is 2.76 bits per heavy atom. The van der Waals surface area contributed by atoms with Crippen molar-refractivity contribution in [3.63, 3.8) is 0 Å². The second kappa shape index (κ2) is 7.12. The Morgan fingerprint density at radius 1 is 1.43 bits per heavy atom. The zero-order valence-electron chi connectivity index (χ0n) is 13.7. The molecule has 0 bridgehead atoms. The quantitative estimate of drug-likeness (QED) is 0.907. The maximum absolute atomic E-state index is 12.7. The van der Waals surface area contributed by atoms with Crippen LogP contribution in [0.1, 0.15) is 55.0 Å². The molecule has 118 valence electrons. The van der Waals surface area contributed by atoms with E-state index in [-0.39, 0.29) is 5.91 Å². The number of nitrogens with zero attached hydrogens (tertiary/aromatic N) is 1. The van der Waals surface area contributed by atoms with Crippen molar-refractivity contribution in [2.24, 2.45) is 5.92 Å². The highest BCUT2D eigenvalue weighted by molar-refractivity contribution is 5.95. The third-order valence-electron chi connectivity index (χ3n) is 4.47. The summed E-state index contributed by atoms with van der Waals surface area (Å²) in [6.07, 6.45) is 3.30. The lowest BCUT2D eigenvalue weighted by atomic mass is 9.89. The fourth-order valence-electron chi connectivity index (χ4n) is 3.24. The first-order valence-corrected chi connectivity index (χ1v) is 8.16. The van der Waals surface area contributed by atoms with Gasteiger partial charge in [-0.1, -0.05) is 20.3 Å². The van der Waals surface area contributed by atoms with Gasteiger partial charge in [0, 0.05) is 19.1 Å². The highest BCUT2D eigenvalue weighted by Crippen LogP contribution is 2.23. The molecule has 1 amide bonds. The molecule has 0 aromatic carbocycles. The number of aryl methyl sites for hydroxylation is 2. The predicted molar refractivity (Wildman–Crippen MR) is 84.6 cm³/mol. The van der Waals surface area contributed by atoms with Gasteiger partial charge in [0.1, 0.15) is 11.5 Å². The summed E-state index contributed by atoms with van der Waals surface area (Å²) in [4.78, 5) is 14.7. The van der Waals surface area contributed by atoms with Gasteiger partial charge in [-0.2, -0.15) is 0 Å². The smallest absolute Gasteiger partial charge is 0.257 e. The van der Waals surface area contributed by atoms with Crippen LogP contribution in [0.25, 0.3) is 0 Å². The monoisotopic (exact) mass is 292 g/mol. The van der Waals surface area contributed by atoms with E-state index in [2.05, 4.69) is 19.2 Å². The van der Waals surface area contributed by atoms with Gasteiger partial charge in [0.05, 0.1) is 5.56 Å². The van der Waals surface area contributed by atoms with Gasteiger partial charge in [-0.3, -0.25) is 4.79 Å². The molecule has 0 spiro atoms.